The summed E-state index contributed by atoms with van der Waals surface area (Å²) < 4.78 is 0. The van der Waals surface area contributed by atoms with Crippen LogP contribution in [0.3, 0.4) is 0 Å². The van der Waals surface area contributed by atoms with Gasteiger partial charge in [-0.25, -0.2) is 0 Å². The number of para-hydroxylation sites is 1. The van der Waals surface area contributed by atoms with Crippen molar-refractivity contribution in [2.24, 2.45) is 0 Å². The Morgan fingerprint density at radius 2 is 1.90 bits per heavy atom. The van der Waals surface area contributed by atoms with E-state index in [1.165, 1.54) is 5.56 Å². The predicted octanol–water partition coefficient (Wildman–Crippen LogP) is 1.83. The number of carbonyl (C=O) groups is 1. The molecule has 2 aliphatic rings. The molecule has 1 aliphatic carbocycles. The van der Waals surface area contributed by atoms with Crippen molar-refractivity contribution in [2.45, 2.75) is 56.7 Å². The van der Waals surface area contributed by atoms with Crippen molar-refractivity contribution in [3.8, 4) is 0 Å². The first kappa shape index (κ1) is 13.4. The van der Waals surface area contributed by atoms with Crippen molar-refractivity contribution in [3.05, 3.63) is 29.8 Å². The summed E-state index contributed by atoms with van der Waals surface area (Å²) in [5.41, 5.74) is 2.37. The SMILES string of the molecule is O=C(NC1CCC(O)CC1)C1CCc2ccccc2N1. The van der Waals surface area contributed by atoms with Gasteiger partial charge in [0.2, 0.25) is 5.91 Å². The van der Waals surface area contributed by atoms with E-state index in [-0.39, 0.29) is 24.1 Å². The molecule has 3 rings (SSSR count). The van der Waals surface area contributed by atoms with Crippen LogP contribution in [0.2, 0.25) is 0 Å². The topological polar surface area (TPSA) is 61.4 Å². The van der Waals surface area contributed by atoms with Crippen molar-refractivity contribution in [1.82, 2.24) is 5.32 Å². The molecule has 1 aromatic rings. The van der Waals surface area contributed by atoms with Gasteiger partial charge in [-0.05, 0) is 50.2 Å². The van der Waals surface area contributed by atoms with E-state index in [1.54, 1.807) is 0 Å². The monoisotopic (exact) mass is 274 g/mol. The van der Waals surface area contributed by atoms with Crippen molar-refractivity contribution < 1.29 is 9.90 Å². The molecule has 4 nitrogen and oxygen atoms in total. The molecule has 1 saturated carbocycles. The van der Waals surface area contributed by atoms with Gasteiger partial charge in [-0.2, -0.15) is 0 Å². The van der Waals surface area contributed by atoms with Crippen LogP contribution in [0.15, 0.2) is 24.3 Å². The molecular weight excluding hydrogens is 252 g/mol. The van der Waals surface area contributed by atoms with Gasteiger partial charge < -0.3 is 15.7 Å². The van der Waals surface area contributed by atoms with Gasteiger partial charge in [0.25, 0.3) is 0 Å². The first-order valence-electron chi connectivity index (χ1n) is 7.55. The van der Waals surface area contributed by atoms with Crippen LogP contribution < -0.4 is 10.6 Å². The maximum absolute atomic E-state index is 12.3. The third-order valence-corrected chi connectivity index (χ3v) is 4.41. The van der Waals surface area contributed by atoms with Gasteiger partial charge in [0.1, 0.15) is 6.04 Å². The zero-order chi connectivity index (χ0) is 13.9. The molecule has 1 aliphatic heterocycles. The first-order chi connectivity index (χ1) is 9.72. The molecule has 0 radical (unpaired) electrons. The Kier molecular flexibility index (Phi) is 3.92. The molecule has 1 aromatic carbocycles. The second kappa shape index (κ2) is 5.83. The number of hydrogen-bond acceptors (Lipinski definition) is 3. The lowest BCUT2D eigenvalue weighted by atomic mass is 9.92. The summed E-state index contributed by atoms with van der Waals surface area (Å²) in [5.74, 6) is 0.0980. The van der Waals surface area contributed by atoms with Gasteiger partial charge in [-0.1, -0.05) is 18.2 Å². The number of benzene rings is 1. The van der Waals surface area contributed by atoms with Crippen LogP contribution in [0, 0.1) is 0 Å². The smallest absolute Gasteiger partial charge is 0.242 e. The van der Waals surface area contributed by atoms with Crippen LogP contribution in [0.1, 0.15) is 37.7 Å². The maximum atomic E-state index is 12.3. The zero-order valence-electron chi connectivity index (χ0n) is 11.6. The highest BCUT2D eigenvalue weighted by Crippen LogP contribution is 2.25. The van der Waals surface area contributed by atoms with Crippen molar-refractivity contribution in [3.63, 3.8) is 0 Å². The molecule has 3 N–H and O–H groups in total. The summed E-state index contributed by atoms with van der Waals surface area (Å²) in [6, 6.07) is 8.27. The molecule has 1 fully saturated rings. The van der Waals surface area contributed by atoms with Gasteiger partial charge >= 0.3 is 0 Å². The Morgan fingerprint density at radius 3 is 2.70 bits per heavy atom. The van der Waals surface area contributed by atoms with Crippen molar-refractivity contribution in [2.75, 3.05) is 5.32 Å². The number of anilines is 1. The van der Waals surface area contributed by atoms with Gasteiger partial charge in [-0.3, -0.25) is 4.79 Å². The van der Waals surface area contributed by atoms with Gasteiger partial charge in [0.05, 0.1) is 6.10 Å². The largest absolute Gasteiger partial charge is 0.393 e. The average molecular weight is 274 g/mol. The normalized spacial score (nSPS) is 29.1. The molecule has 4 heteroatoms. The first-order valence-corrected chi connectivity index (χ1v) is 7.55. The highest BCUT2D eigenvalue weighted by Gasteiger charge is 2.27. The molecule has 1 atom stereocenters. The van der Waals surface area contributed by atoms with Crippen LogP contribution >= 0.6 is 0 Å². The molecular formula is C16H22N2O2. The Morgan fingerprint density at radius 1 is 1.15 bits per heavy atom. The van der Waals surface area contributed by atoms with E-state index in [0.717, 1.165) is 44.2 Å². The number of aryl methyl sites for hydroxylation is 1. The fourth-order valence-corrected chi connectivity index (χ4v) is 3.16. The molecule has 1 unspecified atom stereocenters. The standard InChI is InChI=1S/C16H22N2O2/c19-13-8-6-12(7-9-13)17-16(20)15-10-5-11-3-1-2-4-14(11)18-15/h1-4,12-13,15,18-19H,5-10H2,(H,17,20). The third kappa shape index (κ3) is 2.96. The number of aliphatic hydroxyl groups is 1. The van der Waals surface area contributed by atoms with E-state index in [4.69, 9.17) is 0 Å². The fourth-order valence-electron chi connectivity index (χ4n) is 3.16. The number of hydrogen-bond donors (Lipinski definition) is 3. The summed E-state index contributed by atoms with van der Waals surface area (Å²) in [5, 5.41) is 16.0. The van der Waals surface area contributed by atoms with Crippen LogP contribution in [-0.4, -0.2) is 29.2 Å². The molecule has 0 spiro atoms. The lowest BCUT2D eigenvalue weighted by molar-refractivity contribution is -0.123. The van der Waals surface area contributed by atoms with E-state index in [0.29, 0.717) is 0 Å². The Balaban J connectivity index is 1.56. The minimum Gasteiger partial charge on any atom is -0.393 e. The van der Waals surface area contributed by atoms with Crippen LogP contribution in [-0.2, 0) is 11.2 Å². The maximum Gasteiger partial charge on any atom is 0.242 e. The molecule has 0 bridgehead atoms. The average Bonchev–Trinajstić information content (AvgIpc) is 2.49. The second-order valence-electron chi connectivity index (χ2n) is 5.91. The van der Waals surface area contributed by atoms with Crippen molar-refractivity contribution >= 4 is 11.6 Å². The molecule has 1 heterocycles. The number of nitrogens with one attached hydrogen (secondary N) is 2. The summed E-state index contributed by atoms with van der Waals surface area (Å²) >= 11 is 0. The van der Waals surface area contributed by atoms with Crippen LogP contribution in [0.5, 0.6) is 0 Å². The van der Waals surface area contributed by atoms with Crippen LogP contribution in [0.4, 0.5) is 5.69 Å². The Hall–Kier alpha value is -1.55. The van der Waals surface area contributed by atoms with Gasteiger partial charge in [0.15, 0.2) is 0 Å². The van der Waals surface area contributed by atoms with E-state index in [1.807, 2.05) is 18.2 Å². The molecule has 108 valence electrons. The van der Waals surface area contributed by atoms with E-state index in [9.17, 15) is 9.90 Å². The molecule has 0 saturated heterocycles. The van der Waals surface area contributed by atoms with E-state index >= 15 is 0 Å². The summed E-state index contributed by atoms with van der Waals surface area (Å²) in [7, 11) is 0. The molecule has 0 aromatic heterocycles. The summed E-state index contributed by atoms with van der Waals surface area (Å²) in [6.07, 6.45) is 4.98. The number of aliphatic hydroxyl groups excluding tert-OH is 1. The second-order valence-corrected chi connectivity index (χ2v) is 5.91. The predicted molar refractivity (Wildman–Crippen MR) is 78.6 cm³/mol. The number of carbonyl (C=O) groups excluding carboxylic acids is 1. The van der Waals surface area contributed by atoms with Gasteiger partial charge in [0, 0.05) is 11.7 Å². The van der Waals surface area contributed by atoms with Crippen LogP contribution in [0.25, 0.3) is 0 Å². The Labute approximate surface area is 119 Å². The minimum absolute atomic E-state index is 0.0980. The Bertz CT molecular complexity index is 481. The fraction of sp³-hybridized carbons (Fsp3) is 0.562. The highest BCUT2D eigenvalue weighted by atomic mass is 16.3. The minimum atomic E-state index is -0.178. The van der Waals surface area contributed by atoms with E-state index in [2.05, 4.69) is 16.7 Å². The number of fused-ring (bicyclic) bond motifs is 1. The lowest BCUT2D eigenvalue weighted by Crippen LogP contribution is -2.47. The van der Waals surface area contributed by atoms with Gasteiger partial charge in [-0.15, -0.1) is 0 Å². The molecule has 1 amide bonds. The number of rotatable bonds is 2. The summed E-state index contributed by atoms with van der Waals surface area (Å²) in [4.78, 5) is 12.3. The molecule has 20 heavy (non-hydrogen) atoms. The quantitative estimate of drug-likeness (QED) is 0.771. The number of amides is 1. The van der Waals surface area contributed by atoms with E-state index < -0.39 is 0 Å². The zero-order valence-corrected chi connectivity index (χ0v) is 11.6. The lowest BCUT2D eigenvalue weighted by Gasteiger charge is -2.30. The third-order valence-electron chi connectivity index (χ3n) is 4.41. The highest BCUT2D eigenvalue weighted by molar-refractivity contribution is 5.85. The summed E-state index contributed by atoms with van der Waals surface area (Å²) in [6.45, 7) is 0. The van der Waals surface area contributed by atoms with Crippen molar-refractivity contribution in [1.29, 1.82) is 0 Å².